The number of nitrogens with zero attached hydrogens (tertiary/aromatic N) is 2. The Bertz CT molecular complexity index is 839. The van der Waals surface area contributed by atoms with Crippen LogP contribution >= 0.6 is 0 Å². The van der Waals surface area contributed by atoms with E-state index < -0.39 is 15.6 Å². The molecule has 1 aromatic heterocycles. The van der Waals surface area contributed by atoms with E-state index in [9.17, 15) is 8.42 Å². The standard InChI is InChI=1S/C16H20N4O3S/c1-2-10-18-24(21,22)13-7-5-6-12(11-13)14-19-15(20-23-14)16(17)8-3-4-9-16/h2,5-7,11,18H,1,3-4,8-10,17H2. The van der Waals surface area contributed by atoms with Crippen molar-refractivity contribution in [3.8, 4) is 11.5 Å². The van der Waals surface area contributed by atoms with Gasteiger partial charge in [-0.1, -0.05) is 30.1 Å². The summed E-state index contributed by atoms with van der Waals surface area (Å²) in [7, 11) is -3.61. The van der Waals surface area contributed by atoms with Crippen molar-refractivity contribution in [2.75, 3.05) is 6.54 Å². The number of nitrogens with two attached hydrogens (primary N) is 1. The minimum Gasteiger partial charge on any atom is -0.334 e. The van der Waals surface area contributed by atoms with Crippen molar-refractivity contribution < 1.29 is 12.9 Å². The Labute approximate surface area is 141 Å². The van der Waals surface area contributed by atoms with Gasteiger partial charge in [-0.3, -0.25) is 0 Å². The Morgan fingerprint density at radius 3 is 2.83 bits per heavy atom. The largest absolute Gasteiger partial charge is 0.334 e. The number of nitrogens with one attached hydrogen (secondary N) is 1. The first-order chi connectivity index (χ1) is 11.4. The number of benzene rings is 1. The van der Waals surface area contributed by atoms with Gasteiger partial charge in [-0.15, -0.1) is 6.58 Å². The van der Waals surface area contributed by atoms with Crippen LogP contribution in [0.1, 0.15) is 31.5 Å². The van der Waals surface area contributed by atoms with Gasteiger partial charge in [0.05, 0.1) is 10.4 Å². The van der Waals surface area contributed by atoms with Crippen molar-refractivity contribution >= 4 is 10.0 Å². The highest BCUT2D eigenvalue weighted by molar-refractivity contribution is 7.89. The smallest absolute Gasteiger partial charge is 0.258 e. The number of sulfonamides is 1. The summed E-state index contributed by atoms with van der Waals surface area (Å²) in [5.74, 6) is 0.746. The monoisotopic (exact) mass is 348 g/mol. The molecule has 2 aromatic rings. The highest BCUT2D eigenvalue weighted by atomic mass is 32.2. The third kappa shape index (κ3) is 3.26. The van der Waals surface area contributed by atoms with Crippen LogP contribution in [0.25, 0.3) is 11.5 Å². The minimum atomic E-state index is -3.61. The molecule has 3 rings (SSSR count). The minimum absolute atomic E-state index is 0.130. The van der Waals surface area contributed by atoms with Gasteiger partial charge < -0.3 is 10.3 Å². The summed E-state index contributed by atoms with van der Waals surface area (Å²) < 4.78 is 32.1. The van der Waals surface area contributed by atoms with Crippen LogP contribution in [0.4, 0.5) is 0 Å². The zero-order valence-corrected chi connectivity index (χ0v) is 14.1. The van der Waals surface area contributed by atoms with Gasteiger partial charge in [0, 0.05) is 12.1 Å². The maximum Gasteiger partial charge on any atom is 0.258 e. The number of aromatic nitrogens is 2. The molecule has 0 atom stereocenters. The van der Waals surface area contributed by atoms with Gasteiger partial charge in [-0.2, -0.15) is 4.98 Å². The molecule has 3 N–H and O–H groups in total. The van der Waals surface area contributed by atoms with Crippen molar-refractivity contribution in [2.24, 2.45) is 5.73 Å². The van der Waals surface area contributed by atoms with Crippen LogP contribution in [-0.4, -0.2) is 25.1 Å². The van der Waals surface area contributed by atoms with E-state index in [1.807, 2.05) is 0 Å². The van der Waals surface area contributed by atoms with E-state index in [4.69, 9.17) is 10.3 Å². The molecule has 1 aromatic carbocycles. The summed E-state index contributed by atoms with van der Waals surface area (Å²) in [6, 6.07) is 6.37. The molecular formula is C16H20N4O3S. The van der Waals surface area contributed by atoms with Crippen molar-refractivity contribution in [3.63, 3.8) is 0 Å². The molecule has 0 unspecified atom stereocenters. The van der Waals surface area contributed by atoms with E-state index in [1.165, 1.54) is 18.2 Å². The second-order valence-corrected chi connectivity index (χ2v) is 7.72. The van der Waals surface area contributed by atoms with Crippen LogP contribution in [-0.2, 0) is 15.6 Å². The Kier molecular flexibility index (Phi) is 4.53. The summed E-state index contributed by atoms with van der Waals surface area (Å²) >= 11 is 0. The van der Waals surface area contributed by atoms with Crippen LogP contribution in [0, 0.1) is 0 Å². The highest BCUT2D eigenvalue weighted by Crippen LogP contribution is 2.35. The van der Waals surface area contributed by atoms with E-state index in [1.54, 1.807) is 12.1 Å². The van der Waals surface area contributed by atoms with Crippen molar-refractivity contribution in [1.29, 1.82) is 0 Å². The van der Waals surface area contributed by atoms with Gasteiger partial charge in [-0.05, 0) is 31.0 Å². The number of rotatable bonds is 6. The lowest BCUT2D eigenvalue weighted by atomic mass is 9.99. The van der Waals surface area contributed by atoms with Crippen LogP contribution in [0.2, 0.25) is 0 Å². The Morgan fingerprint density at radius 2 is 2.12 bits per heavy atom. The first-order valence-corrected chi connectivity index (χ1v) is 9.27. The molecule has 0 spiro atoms. The fourth-order valence-electron chi connectivity index (χ4n) is 2.82. The van der Waals surface area contributed by atoms with Crippen molar-refractivity contribution in [2.45, 2.75) is 36.1 Å². The Morgan fingerprint density at radius 1 is 1.38 bits per heavy atom. The van der Waals surface area contributed by atoms with Gasteiger partial charge in [0.25, 0.3) is 5.89 Å². The van der Waals surface area contributed by atoms with Crippen LogP contribution < -0.4 is 10.5 Å². The van der Waals surface area contributed by atoms with Gasteiger partial charge in [0.15, 0.2) is 5.82 Å². The molecular weight excluding hydrogens is 328 g/mol. The topological polar surface area (TPSA) is 111 Å². The molecule has 1 aliphatic rings. The fourth-order valence-corrected chi connectivity index (χ4v) is 3.86. The molecule has 0 bridgehead atoms. The van der Waals surface area contributed by atoms with Crippen molar-refractivity contribution in [1.82, 2.24) is 14.9 Å². The molecule has 24 heavy (non-hydrogen) atoms. The van der Waals surface area contributed by atoms with Gasteiger partial charge in [0.2, 0.25) is 10.0 Å². The van der Waals surface area contributed by atoms with E-state index >= 15 is 0 Å². The fraction of sp³-hybridized carbons (Fsp3) is 0.375. The first kappa shape index (κ1) is 16.8. The van der Waals surface area contributed by atoms with Crippen LogP contribution in [0.5, 0.6) is 0 Å². The predicted molar refractivity (Wildman–Crippen MR) is 89.5 cm³/mol. The lowest BCUT2D eigenvalue weighted by Gasteiger charge is -2.17. The van der Waals surface area contributed by atoms with Gasteiger partial charge >= 0.3 is 0 Å². The summed E-state index contributed by atoms with van der Waals surface area (Å²) in [5, 5.41) is 4.00. The molecule has 1 fully saturated rings. The van der Waals surface area contributed by atoms with E-state index in [0.717, 1.165) is 25.7 Å². The molecule has 0 saturated heterocycles. The van der Waals surface area contributed by atoms with Gasteiger partial charge in [-0.25, -0.2) is 13.1 Å². The first-order valence-electron chi connectivity index (χ1n) is 7.79. The Balaban J connectivity index is 1.90. The number of hydrogen-bond donors (Lipinski definition) is 2. The molecule has 0 radical (unpaired) electrons. The molecule has 8 heteroatoms. The summed E-state index contributed by atoms with van der Waals surface area (Å²) in [6.45, 7) is 3.66. The summed E-state index contributed by atoms with van der Waals surface area (Å²) in [4.78, 5) is 4.51. The van der Waals surface area contributed by atoms with Gasteiger partial charge in [0.1, 0.15) is 0 Å². The molecule has 1 aliphatic carbocycles. The maximum atomic E-state index is 12.2. The lowest BCUT2D eigenvalue weighted by Crippen LogP contribution is -2.34. The maximum absolute atomic E-state index is 12.2. The van der Waals surface area contributed by atoms with Crippen LogP contribution in [0.15, 0.2) is 46.3 Å². The molecule has 1 heterocycles. The summed E-state index contributed by atoms with van der Waals surface area (Å²) in [6.07, 6.45) is 5.22. The zero-order valence-electron chi connectivity index (χ0n) is 13.2. The molecule has 128 valence electrons. The van der Waals surface area contributed by atoms with Crippen LogP contribution in [0.3, 0.4) is 0 Å². The molecule has 0 aliphatic heterocycles. The average molecular weight is 348 g/mol. The average Bonchev–Trinajstić information content (AvgIpc) is 3.23. The lowest BCUT2D eigenvalue weighted by molar-refractivity contribution is 0.372. The number of hydrogen-bond acceptors (Lipinski definition) is 6. The molecule has 1 saturated carbocycles. The Hall–Kier alpha value is -2.03. The third-order valence-electron chi connectivity index (χ3n) is 4.18. The predicted octanol–water partition coefficient (Wildman–Crippen LogP) is 1.93. The SMILES string of the molecule is C=CCNS(=O)(=O)c1cccc(-c2nc(C3(N)CCCC3)no2)c1. The second-order valence-electron chi connectivity index (χ2n) is 5.95. The normalized spacial score (nSPS) is 17.0. The quantitative estimate of drug-likeness (QED) is 0.772. The summed E-state index contributed by atoms with van der Waals surface area (Å²) in [5.41, 5.74) is 6.32. The third-order valence-corrected chi connectivity index (χ3v) is 5.60. The second kappa shape index (κ2) is 6.46. The molecule has 0 amide bonds. The van der Waals surface area contributed by atoms with E-state index in [-0.39, 0.29) is 17.3 Å². The van der Waals surface area contributed by atoms with Crippen molar-refractivity contribution in [3.05, 3.63) is 42.7 Å². The zero-order chi connectivity index (χ0) is 17.2. The molecule has 7 nitrogen and oxygen atoms in total. The van der Waals surface area contributed by atoms with E-state index in [0.29, 0.717) is 11.4 Å². The highest BCUT2D eigenvalue weighted by Gasteiger charge is 2.36. The van der Waals surface area contributed by atoms with E-state index in [2.05, 4.69) is 21.4 Å².